The number of anilines is 1. The molecule has 0 radical (unpaired) electrons. The van der Waals surface area contributed by atoms with Gasteiger partial charge in [0.25, 0.3) is 0 Å². The Kier molecular flexibility index (Phi) is 5.09. The van der Waals surface area contributed by atoms with Crippen molar-refractivity contribution in [1.29, 1.82) is 0 Å². The number of carbonyl (C=O) groups excluding carboxylic acids is 1. The van der Waals surface area contributed by atoms with Crippen molar-refractivity contribution in [1.82, 2.24) is 14.8 Å². The van der Waals surface area contributed by atoms with E-state index in [1.807, 2.05) is 30.0 Å². The van der Waals surface area contributed by atoms with Crippen molar-refractivity contribution in [2.75, 3.05) is 32.6 Å². The number of pyridine rings is 1. The highest BCUT2D eigenvalue weighted by molar-refractivity contribution is 5.92. The Labute approximate surface area is 165 Å². The largest absolute Gasteiger partial charge is 0.497 e. The number of piperazine rings is 1. The molecule has 1 aromatic carbocycles. The number of methoxy groups -OCH3 is 2. The van der Waals surface area contributed by atoms with Crippen LogP contribution in [0.5, 0.6) is 11.5 Å². The number of amides is 2. The summed E-state index contributed by atoms with van der Waals surface area (Å²) in [6, 6.07) is 11.9. The quantitative estimate of drug-likeness (QED) is 0.861. The average molecular weight is 382 g/mol. The van der Waals surface area contributed by atoms with Gasteiger partial charge in [0, 0.05) is 43.5 Å². The second-order valence-electron chi connectivity index (χ2n) is 7.41. The number of aryl methyl sites for hydroxylation is 1. The first kappa shape index (κ1) is 18.6. The Morgan fingerprint density at radius 1 is 1.18 bits per heavy atom. The van der Waals surface area contributed by atoms with Crippen molar-refractivity contribution in [3.8, 4) is 11.5 Å². The van der Waals surface area contributed by atoms with E-state index >= 15 is 0 Å². The molecule has 3 saturated heterocycles. The molecule has 0 saturated carbocycles. The highest BCUT2D eigenvalue weighted by Gasteiger charge is 2.47. The van der Waals surface area contributed by atoms with Crippen molar-refractivity contribution in [2.45, 2.75) is 32.0 Å². The summed E-state index contributed by atoms with van der Waals surface area (Å²) in [4.78, 5) is 21.8. The predicted octanol–water partition coefficient (Wildman–Crippen LogP) is 2.90. The first-order valence-electron chi connectivity index (χ1n) is 9.53. The van der Waals surface area contributed by atoms with Crippen molar-refractivity contribution < 1.29 is 14.3 Å². The number of benzene rings is 1. The van der Waals surface area contributed by atoms with E-state index in [2.05, 4.69) is 21.3 Å². The molecule has 2 aromatic rings. The summed E-state index contributed by atoms with van der Waals surface area (Å²) in [7, 11) is 3.19. The van der Waals surface area contributed by atoms with Crippen LogP contribution in [-0.4, -0.2) is 60.2 Å². The van der Waals surface area contributed by atoms with E-state index < -0.39 is 0 Å². The summed E-state index contributed by atoms with van der Waals surface area (Å²) in [5, 5.41) is 2.99. The zero-order valence-electron chi connectivity index (χ0n) is 16.5. The van der Waals surface area contributed by atoms with Gasteiger partial charge >= 0.3 is 6.03 Å². The van der Waals surface area contributed by atoms with Crippen LogP contribution in [0.4, 0.5) is 10.5 Å². The first-order chi connectivity index (χ1) is 13.6. The minimum atomic E-state index is -0.0713. The van der Waals surface area contributed by atoms with Crippen LogP contribution in [0.1, 0.15) is 17.8 Å². The van der Waals surface area contributed by atoms with Gasteiger partial charge in [0.05, 0.1) is 25.6 Å². The van der Waals surface area contributed by atoms with Gasteiger partial charge < -0.3 is 19.7 Å². The molecule has 0 aliphatic carbocycles. The second-order valence-corrected chi connectivity index (χ2v) is 7.41. The second kappa shape index (κ2) is 7.67. The van der Waals surface area contributed by atoms with Gasteiger partial charge in [-0.15, -0.1) is 0 Å². The molecular weight excluding hydrogens is 356 g/mol. The maximum absolute atomic E-state index is 12.8. The van der Waals surface area contributed by atoms with Crippen LogP contribution in [0.15, 0.2) is 36.4 Å². The summed E-state index contributed by atoms with van der Waals surface area (Å²) in [5.41, 5.74) is 2.77. The van der Waals surface area contributed by atoms with Crippen molar-refractivity contribution in [3.05, 3.63) is 47.8 Å². The maximum Gasteiger partial charge on any atom is 0.322 e. The van der Waals surface area contributed by atoms with Crippen LogP contribution in [0.2, 0.25) is 0 Å². The fourth-order valence-electron chi connectivity index (χ4n) is 4.16. The van der Waals surface area contributed by atoms with Gasteiger partial charge in [0.2, 0.25) is 0 Å². The molecule has 2 amide bonds. The minimum Gasteiger partial charge on any atom is -0.497 e. The number of hydrogen-bond acceptors (Lipinski definition) is 5. The van der Waals surface area contributed by atoms with E-state index in [0.717, 1.165) is 37.4 Å². The molecule has 2 bridgehead atoms. The summed E-state index contributed by atoms with van der Waals surface area (Å²) in [5.74, 6) is 1.28. The number of fused-ring (bicyclic) bond motifs is 2. The zero-order valence-corrected chi connectivity index (χ0v) is 16.5. The van der Waals surface area contributed by atoms with Crippen LogP contribution >= 0.6 is 0 Å². The van der Waals surface area contributed by atoms with E-state index in [9.17, 15) is 4.79 Å². The van der Waals surface area contributed by atoms with E-state index in [1.165, 1.54) is 0 Å². The van der Waals surface area contributed by atoms with Crippen molar-refractivity contribution in [3.63, 3.8) is 0 Å². The molecule has 28 heavy (non-hydrogen) atoms. The fourth-order valence-corrected chi connectivity index (χ4v) is 4.16. The molecule has 2 atom stereocenters. The Morgan fingerprint density at radius 2 is 1.96 bits per heavy atom. The molecular formula is C21H26N4O3. The molecule has 1 aromatic heterocycles. The van der Waals surface area contributed by atoms with Crippen LogP contribution < -0.4 is 14.8 Å². The lowest BCUT2D eigenvalue weighted by Crippen LogP contribution is -2.70. The molecule has 4 heterocycles. The van der Waals surface area contributed by atoms with E-state index in [1.54, 1.807) is 26.4 Å². The number of nitrogens with one attached hydrogen (secondary N) is 1. The van der Waals surface area contributed by atoms with Gasteiger partial charge in [0.15, 0.2) is 0 Å². The summed E-state index contributed by atoms with van der Waals surface area (Å²) in [6.45, 7) is 4.59. The number of aromatic nitrogens is 1. The number of urea groups is 1. The third-order valence-electron chi connectivity index (χ3n) is 5.49. The van der Waals surface area contributed by atoms with Gasteiger partial charge in [0.1, 0.15) is 11.5 Å². The Balaban J connectivity index is 1.38. The third-order valence-corrected chi connectivity index (χ3v) is 5.49. The SMILES string of the molecule is COc1ccc(NC(=O)N2C3CC2CN(Cc2cccc(C)n2)C3)c(OC)c1. The third kappa shape index (κ3) is 3.62. The molecule has 5 rings (SSSR count). The molecule has 1 N–H and O–H groups in total. The number of rotatable bonds is 5. The lowest BCUT2D eigenvalue weighted by Gasteiger charge is -2.56. The number of piperidine rings is 1. The van der Waals surface area contributed by atoms with Gasteiger partial charge in [-0.3, -0.25) is 9.88 Å². The Morgan fingerprint density at radius 3 is 2.64 bits per heavy atom. The Bertz CT molecular complexity index is 860. The zero-order chi connectivity index (χ0) is 19.7. The molecule has 3 fully saturated rings. The van der Waals surface area contributed by atoms with Gasteiger partial charge in [-0.05, 0) is 37.6 Å². The highest BCUT2D eigenvalue weighted by Crippen LogP contribution is 2.35. The summed E-state index contributed by atoms with van der Waals surface area (Å²) in [6.07, 6.45) is 1.06. The molecule has 2 unspecified atom stereocenters. The van der Waals surface area contributed by atoms with E-state index in [-0.39, 0.29) is 18.1 Å². The number of ether oxygens (including phenoxy) is 2. The average Bonchev–Trinajstić information content (AvgIpc) is 2.68. The van der Waals surface area contributed by atoms with Crippen molar-refractivity contribution in [2.24, 2.45) is 0 Å². The summed E-state index contributed by atoms with van der Waals surface area (Å²) >= 11 is 0. The highest BCUT2D eigenvalue weighted by atomic mass is 16.5. The van der Waals surface area contributed by atoms with Crippen LogP contribution in [-0.2, 0) is 6.54 Å². The van der Waals surface area contributed by atoms with Crippen LogP contribution in [0.25, 0.3) is 0 Å². The maximum atomic E-state index is 12.8. The standard InChI is InChI=1S/C21H26N4O3/c1-14-5-4-6-15(22-14)11-24-12-16-9-17(13-24)25(16)21(26)23-19-8-7-18(27-2)10-20(19)28-3/h4-8,10,16-17H,9,11-13H2,1-3H3,(H,23,26). The van der Waals surface area contributed by atoms with E-state index in [0.29, 0.717) is 17.2 Å². The minimum absolute atomic E-state index is 0.0713. The first-order valence-corrected chi connectivity index (χ1v) is 9.53. The van der Waals surface area contributed by atoms with Gasteiger partial charge in [-0.2, -0.15) is 0 Å². The monoisotopic (exact) mass is 382 g/mol. The number of nitrogens with zero attached hydrogens (tertiary/aromatic N) is 3. The van der Waals surface area contributed by atoms with Gasteiger partial charge in [-0.25, -0.2) is 4.79 Å². The smallest absolute Gasteiger partial charge is 0.322 e. The molecule has 3 aliphatic rings. The lowest BCUT2D eigenvalue weighted by atomic mass is 9.87. The molecule has 7 heteroatoms. The normalized spacial score (nSPS) is 21.0. The Hall–Kier alpha value is -2.80. The molecule has 7 nitrogen and oxygen atoms in total. The predicted molar refractivity (Wildman–Crippen MR) is 107 cm³/mol. The molecule has 3 aliphatic heterocycles. The topological polar surface area (TPSA) is 66.9 Å². The fraction of sp³-hybridized carbons (Fsp3) is 0.429. The van der Waals surface area contributed by atoms with Gasteiger partial charge in [-0.1, -0.05) is 6.07 Å². The summed E-state index contributed by atoms with van der Waals surface area (Å²) < 4.78 is 10.6. The van der Waals surface area contributed by atoms with Crippen LogP contribution in [0.3, 0.4) is 0 Å². The van der Waals surface area contributed by atoms with Crippen molar-refractivity contribution >= 4 is 11.7 Å². The molecule has 0 spiro atoms. The van der Waals surface area contributed by atoms with E-state index in [4.69, 9.17) is 9.47 Å². The lowest BCUT2D eigenvalue weighted by molar-refractivity contribution is -0.0356. The molecule has 148 valence electrons. The number of hydrogen-bond donors (Lipinski definition) is 1. The number of carbonyl (C=O) groups is 1. The van der Waals surface area contributed by atoms with Crippen LogP contribution in [0, 0.1) is 6.92 Å².